The maximum Gasteiger partial charge on any atom is 0.558 e. The molecule has 0 atom stereocenters. The molecule has 0 unspecified atom stereocenters. The zero-order chi connectivity index (χ0) is 12.7. The second kappa shape index (κ2) is 4.27. The van der Waals surface area contributed by atoms with E-state index < -0.39 is 0 Å². The molecule has 0 bridgehead atoms. The molecule has 2 rings (SSSR count). The Kier molecular flexibility index (Phi) is 3.24. The van der Waals surface area contributed by atoms with Crippen LogP contribution in [0.2, 0.25) is 0 Å². The lowest BCUT2D eigenvalue weighted by Crippen LogP contribution is -2.46. The Bertz CT molecular complexity index is 314. The van der Waals surface area contributed by atoms with Crippen LogP contribution in [0.25, 0.3) is 0 Å². The minimum Gasteiger partial charge on any atom is -0.389 e. The Balaban J connectivity index is 1.96. The van der Waals surface area contributed by atoms with Crippen molar-refractivity contribution in [2.24, 2.45) is 5.92 Å². The summed E-state index contributed by atoms with van der Waals surface area (Å²) in [6.45, 7) is 10.0. The zero-order valence-electron chi connectivity index (χ0n) is 11.2. The van der Waals surface area contributed by atoms with Gasteiger partial charge in [-0.15, -0.1) is 0 Å². The minimum atomic E-state index is -0.274. The van der Waals surface area contributed by atoms with Gasteiger partial charge in [0.05, 0.1) is 17.3 Å². The molecule has 2 aliphatic heterocycles. The summed E-state index contributed by atoms with van der Waals surface area (Å²) >= 11 is 0. The third kappa shape index (κ3) is 2.35. The van der Waals surface area contributed by atoms with Gasteiger partial charge in [0.25, 0.3) is 0 Å². The number of nitriles is 1. The van der Waals surface area contributed by atoms with Crippen molar-refractivity contribution in [2.75, 3.05) is 13.1 Å². The van der Waals surface area contributed by atoms with Crippen molar-refractivity contribution >= 4 is 7.25 Å². The highest BCUT2D eigenvalue weighted by Gasteiger charge is 2.54. The number of hydrogen-bond acceptors (Lipinski definition) is 4. The fourth-order valence-electron chi connectivity index (χ4n) is 2.20. The third-order valence-electron chi connectivity index (χ3n) is 4.25. The Morgan fingerprint density at radius 1 is 1.12 bits per heavy atom. The molecule has 0 spiro atoms. The van der Waals surface area contributed by atoms with Gasteiger partial charge in [-0.3, -0.25) is 4.81 Å². The average molecular weight is 236 g/mol. The summed E-state index contributed by atoms with van der Waals surface area (Å²) in [5.74, 6) is 0.202. The molecule has 2 heterocycles. The summed E-state index contributed by atoms with van der Waals surface area (Å²) < 4.78 is 12.0. The minimum absolute atomic E-state index is 0.202. The molecule has 0 aromatic heterocycles. The third-order valence-corrected chi connectivity index (χ3v) is 4.25. The van der Waals surface area contributed by atoms with Gasteiger partial charge in [-0.2, -0.15) is 5.26 Å². The quantitative estimate of drug-likeness (QED) is 0.651. The first-order valence-electron chi connectivity index (χ1n) is 6.35. The lowest BCUT2D eigenvalue weighted by atomic mass is 9.90. The van der Waals surface area contributed by atoms with Crippen LogP contribution in [0.4, 0.5) is 0 Å². The van der Waals surface area contributed by atoms with Crippen molar-refractivity contribution in [1.82, 2.24) is 4.81 Å². The lowest BCUT2D eigenvalue weighted by molar-refractivity contribution is 0.00578. The fourth-order valence-corrected chi connectivity index (χ4v) is 2.20. The van der Waals surface area contributed by atoms with Gasteiger partial charge in [-0.25, -0.2) is 0 Å². The smallest absolute Gasteiger partial charge is 0.389 e. The van der Waals surface area contributed by atoms with Gasteiger partial charge in [-0.1, -0.05) is 0 Å². The van der Waals surface area contributed by atoms with Crippen molar-refractivity contribution in [2.45, 2.75) is 51.7 Å². The largest absolute Gasteiger partial charge is 0.558 e. The summed E-state index contributed by atoms with van der Waals surface area (Å²) in [6, 6.07) is 2.34. The van der Waals surface area contributed by atoms with Crippen molar-refractivity contribution < 1.29 is 9.31 Å². The first kappa shape index (κ1) is 12.9. The Morgan fingerprint density at radius 3 is 2.00 bits per heavy atom. The highest BCUT2D eigenvalue weighted by atomic mass is 16.7. The van der Waals surface area contributed by atoms with E-state index in [0.29, 0.717) is 0 Å². The van der Waals surface area contributed by atoms with Gasteiger partial charge in [0, 0.05) is 5.92 Å². The second-order valence-electron chi connectivity index (χ2n) is 6.00. The zero-order valence-corrected chi connectivity index (χ0v) is 11.2. The van der Waals surface area contributed by atoms with E-state index in [2.05, 4.69) is 38.6 Å². The van der Waals surface area contributed by atoms with Crippen LogP contribution in [0.15, 0.2) is 0 Å². The van der Waals surface area contributed by atoms with Crippen LogP contribution in [-0.2, 0) is 9.31 Å². The molecule has 2 aliphatic rings. The number of piperidine rings is 1. The Morgan fingerprint density at radius 2 is 1.59 bits per heavy atom. The first-order valence-corrected chi connectivity index (χ1v) is 6.35. The number of hydrogen-bond donors (Lipinski definition) is 0. The molecule has 4 nitrogen and oxygen atoms in total. The highest BCUT2D eigenvalue weighted by molar-refractivity contribution is 6.42. The maximum absolute atomic E-state index is 8.88. The molecular formula is C12H21BN2O2. The van der Waals surface area contributed by atoms with Crippen LogP contribution < -0.4 is 0 Å². The van der Waals surface area contributed by atoms with E-state index in [-0.39, 0.29) is 24.4 Å². The second-order valence-corrected chi connectivity index (χ2v) is 6.00. The molecule has 0 N–H and O–H groups in total. The van der Waals surface area contributed by atoms with Gasteiger partial charge in [0.1, 0.15) is 0 Å². The molecule has 0 aromatic rings. The predicted octanol–water partition coefficient (Wildman–Crippen LogP) is 1.81. The molecule has 2 fully saturated rings. The van der Waals surface area contributed by atoms with Crippen LogP contribution in [-0.4, -0.2) is 36.4 Å². The van der Waals surface area contributed by atoms with Gasteiger partial charge >= 0.3 is 7.25 Å². The summed E-state index contributed by atoms with van der Waals surface area (Å²) in [5, 5.41) is 8.88. The van der Waals surface area contributed by atoms with Gasteiger partial charge in [-0.05, 0) is 53.6 Å². The molecule has 0 aromatic carbocycles. The Labute approximate surface area is 104 Å². The summed E-state index contributed by atoms with van der Waals surface area (Å²) in [4.78, 5) is 2.20. The van der Waals surface area contributed by atoms with E-state index in [1.807, 2.05) is 0 Å². The summed E-state index contributed by atoms with van der Waals surface area (Å²) in [7, 11) is -0.250. The van der Waals surface area contributed by atoms with E-state index >= 15 is 0 Å². The monoisotopic (exact) mass is 236 g/mol. The lowest BCUT2D eigenvalue weighted by Gasteiger charge is -2.32. The van der Waals surface area contributed by atoms with Crippen LogP contribution in [0.3, 0.4) is 0 Å². The summed E-state index contributed by atoms with van der Waals surface area (Å²) in [6.07, 6.45) is 1.83. The Hall–Kier alpha value is -0.565. The van der Waals surface area contributed by atoms with Crippen molar-refractivity contribution in [1.29, 1.82) is 5.26 Å². The van der Waals surface area contributed by atoms with Gasteiger partial charge in [0.2, 0.25) is 0 Å². The average Bonchev–Trinajstić information content (AvgIpc) is 2.48. The SMILES string of the molecule is CC1(C)OB(N2CCC(C#N)CC2)OC1(C)C. The first-order chi connectivity index (χ1) is 7.86. The topological polar surface area (TPSA) is 45.5 Å². The molecule has 94 valence electrons. The molecule has 0 aliphatic carbocycles. The van der Waals surface area contributed by atoms with Crippen molar-refractivity contribution in [3.8, 4) is 6.07 Å². The molecule has 0 radical (unpaired) electrons. The molecule has 17 heavy (non-hydrogen) atoms. The predicted molar refractivity (Wildman–Crippen MR) is 66.0 cm³/mol. The molecule has 0 amide bonds. The van der Waals surface area contributed by atoms with Crippen molar-refractivity contribution in [3.63, 3.8) is 0 Å². The van der Waals surface area contributed by atoms with Crippen LogP contribution in [0.1, 0.15) is 40.5 Å². The van der Waals surface area contributed by atoms with E-state index in [1.54, 1.807) is 0 Å². The standard InChI is InChI=1S/C12H21BN2O2/c1-11(2)12(3,4)17-13(16-11)15-7-5-10(9-14)6-8-15/h10H,5-8H2,1-4H3. The maximum atomic E-state index is 8.88. The highest BCUT2D eigenvalue weighted by Crippen LogP contribution is 2.38. The van der Waals surface area contributed by atoms with Crippen LogP contribution in [0, 0.1) is 17.2 Å². The van der Waals surface area contributed by atoms with E-state index in [4.69, 9.17) is 14.6 Å². The van der Waals surface area contributed by atoms with E-state index in [1.165, 1.54) is 0 Å². The van der Waals surface area contributed by atoms with E-state index in [9.17, 15) is 0 Å². The normalized spacial score (nSPS) is 29.2. The molecule has 5 heteroatoms. The molecule has 0 saturated carbocycles. The van der Waals surface area contributed by atoms with E-state index in [0.717, 1.165) is 25.9 Å². The van der Waals surface area contributed by atoms with Crippen LogP contribution in [0.5, 0.6) is 0 Å². The number of rotatable bonds is 1. The molecule has 2 saturated heterocycles. The van der Waals surface area contributed by atoms with Gasteiger partial charge in [0.15, 0.2) is 0 Å². The fraction of sp³-hybridized carbons (Fsp3) is 0.917. The van der Waals surface area contributed by atoms with Crippen LogP contribution >= 0.6 is 0 Å². The number of nitrogens with zero attached hydrogens (tertiary/aromatic N) is 2. The van der Waals surface area contributed by atoms with Gasteiger partial charge < -0.3 is 9.31 Å². The molecular weight excluding hydrogens is 215 g/mol. The summed E-state index contributed by atoms with van der Waals surface area (Å²) in [5.41, 5.74) is -0.548. The van der Waals surface area contributed by atoms with Crippen molar-refractivity contribution in [3.05, 3.63) is 0 Å².